The molecule has 4 N–H and O–H groups in total. The molecule has 0 aliphatic carbocycles. The molecule has 0 saturated heterocycles. The third-order valence-corrected chi connectivity index (χ3v) is 2.92. The summed E-state index contributed by atoms with van der Waals surface area (Å²) in [7, 11) is 0. The van der Waals surface area contributed by atoms with Gasteiger partial charge in [-0.3, -0.25) is 0 Å². The van der Waals surface area contributed by atoms with Crippen molar-refractivity contribution in [1.82, 2.24) is 0 Å². The molecular formula is C16H14O8Zn. The molecule has 0 radical (unpaired) electrons. The quantitative estimate of drug-likeness (QED) is 0.315. The molecule has 0 aromatic heterocycles. The number of rotatable bonds is 4. The van der Waals surface area contributed by atoms with E-state index in [1.807, 2.05) is 0 Å². The van der Waals surface area contributed by atoms with Crippen molar-refractivity contribution in [3.05, 3.63) is 71.8 Å². The average molecular weight is 400 g/mol. The van der Waals surface area contributed by atoms with Gasteiger partial charge in [-0.05, 0) is 0 Å². The van der Waals surface area contributed by atoms with Crippen molar-refractivity contribution in [2.75, 3.05) is 0 Å². The Balaban J connectivity index is 0.000000443. The Morgan fingerprint density at radius 2 is 0.880 bits per heavy atom. The van der Waals surface area contributed by atoms with E-state index in [-0.39, 0.29) is 30.6 Å². The number of hydrogen-bond acceptors (Lipinski definition) is 8. The van der Waals surface area contributed by atoms with Crippen molar-refractivity contribution in [2.24, 2.45) is 0 Å². The van der Waals surface area contributed by atoms with Crippen molar-refractivity contribution >= 4 is 11.9 Å². The number of benzene rings is 2. The van der Waals surface area contributed by atoms with Crippen LogP contribution in [-0.4, -0.2) is 32.4 Å². The Morgan fingerprint density at radius 1 is 0.640 bits per heavy atom. The minimum atomic E-state index is -2.90. The fourth-order valence-electron chi connectivity index (χ4n) is 1.58. The first-order valence-corrected chi connectivity index (χ1v) is 6.53. The van der Waals surface area contributed by atoms with Crippen LogP contribution < -0.4 is 10.2 Å². The van der Waals surface area contributed by atoms with E-state index in [0.29, 0.717) is 0 Å². The predicted octanol–water partition coefficient (Wildman–Crippen LogP) is -2.85. The maximum atomic E-state index is 10.2. The van der Waals surface area contributed by atoms with Gasteiger partial charge in [0.05, 0.1) is 0 Å². The Kier molecular flexibility index (Phi) is 8.55. The molecule has 0 amide bonds. The van der Waals surface area contributed by atoms with Crippen LogP contribution in [0.3, 0.4) is 0 Å². The summed E-state index contributed by atoms with van der Waals surface area (Å²) in [4.78, 5) is 20.4. The Bertz CT molecular complexity index is 624. The Morgan fingerprint density at radius 3 is 1.08 bits per heavy atom. The van der Waals surface area contributed by atoms with Crippen LogP contribution in [0.1, 0.15) is 11.1 Å². The third kappa shape index (κ3) is 6.01. The minimum absolute atomic E-state index is 0. The topological polar surface area (TPSA) is 161 Å². The van der Waals surface area contributed by atoms with Crippen LogP contribution in [0, 0.1) is 0 Å². The largest absolute Gasteiger partial charge is 2.00 e. The monoisotopic (exact) mass is 398 g/mol. The summed E-state index contributed by atoms with van der Waals surface area (Å²) in [5.41, 5.74) is -0.241. The summed E-state index contributed by atoms with van der Waals surface area (Å²) in [5.74, 6) is -9.68. The first-order chi connectivity index (χ1) is 11.1. The summed E-state index contributed by atoms with van der Waals surface area (Å²) in [5, 5.41) is 56.2. The molecule has 0 bridgehead atoms. The third-order valence-electron chi connectivity index (χ3n) is 2.92. The number of carboxylic acids is 2. The van der Waals surface area contributed by atoms with Gasteiger partial charge in [0, 0.05) is 11.1 Å². The van der Waals surface area contributed by atoms with E-state index in [0.717, 1.165) is 0 Å². The van der Waals surface area contributed by atoms with Gasteiger partial charge in [0.15, 0.2) is 0 Å². The molecular weight excluding hydrogens is 386 g/mol. The van der Waals surface area contributed by atoms with Crippen molar-refractivity contribution in [2.45, 2.75) is 11.6 Å². The van der Waals surface area contributed by atoms with Gasteiger partial charge in [-0.2, -0.15) is 0 Å². The molecule has 2 aromatic rings. The fraction of sp³-hybridized carbons (Fsp3) is 0.125. The van der Waals surface area contributed by atoms with Gasteiger partial charge in [-0.1, -0.05) is 60.7 Å². The first-order valence-electron chi connectivity index (χ1n) is 6.53. The van der Waals surface area contributed by atoms with Crippen LogP contribution in [0.25, 0.3) is 0 Å². The second-order valence-corrected chi connectivity index (χ2v) is 4.65. The zero-order valence-electron chi connectivity index (χ0n) is 12.9. The van der Waals surface area contributed by atoms with E-state index in [4.69, 9.17) is 20.4 Å². The van der Waals surface area contributed by atoms with E-state index < -0.39 is 23.5 Å². The number of carbonyl (C=O) groups excluding carboxylic acids is 2. The average Bonchev–Trinajstić information content (AvgIpc) is 2.56. The summed E-state index contributed by atoms with van der Waals surface area (Å²) in [6, 6.07) is 14.4. The van der Waals surface area contributed by atoms with Crippen LogP contribution >= 0.6 is 0 Å². The summed E-state index contributed by atoms with van der Waals surface area (Å²) in [6.07, 6.45) is 0. The number of aliphatic carboxylic acids is 2. The summed E-state index contributed by atoms with van der Waals surface area (Å²) < 4.78 is 0. The summed E-state index contributed by atoms with van der Waals surface area (Å²) in [6.45, 7) is 0. The minimum Gasteiger partial charge on any atom is -0.544 e. The molecule has 0 atom stereocenters. The normalized spacial score (nSPS) is 10.7. The second kappa shape index (κ2) is 9.36. The van der Waals surface area contributed by atoms with E-state index >= 15 is 0 Å². The first kappa shape index (κ1) is 22.8. The van der Waals surface area contributed by atoms with E-state index in [9.17, 15) is 19.8 Å². The van der Waals surface area contributed by atoms with Gasteiger partial charge < -0.3 is 40.2 Å². The number of aliphatic hydroxyl groups is 4. The van der Waals surface area contributed by atoms with Crippen LogP contribution in [0.5, 0.6) is 0 Å². The smallest absolute Gasteiger partial charge is 0.544 e. The summed E-state index contributed by atoms with van der Waals surface area (Å²) >= 11 is 0. The second-order valence-electron chi connectivity index (χ2n) is 4.65. The zero-order chi connectivity index (χ0) is 18.4. The van der Waals surface area contributed by atoms with Gasteiger partial charge in [-0.25, -0.2) is 0 Å². The molecule has 0 saturated carbocycles. The maximum absolute atomic E-state index is 10.2. The molecule has 9 heteroatoms. The van der Waals surface area contributed by atoms with Crippen LogP contribution in [0.15, 0.2) is 60.7 Å². The van der Waals surface area contributed by atoms with E-state index in [2.05, 4.69) is 0 Å². The molecule has 0 aliphatic rings. The van der Waals surface area contributed by atoms with Gasteiger partial charge in [0.1, 0.15) is 11.9 Å². The molecule has 0 aliphatic heterocycles. The van der Waals surface area contributed by atoms with Gasteiger partial charge in [-0.15, -0.1) is 0 Å². The Labute approximate surface area is 155 Å². The molecule has 0 spiro atoms. The zero-order valence-corrected chi connectivity index (χ0v) is 15.9. The van der Waals surface area contributed by atoms with Crippen molar-refractivity contribution in [3.8, 4) is 0 Å². The molecule has 8 nitrogen and oxygen atoms in total. The van der Waals surface area contributed by atoms with Gasteiger partial charge in [0.25, 0.3) is 0 Å². The van der Waals surface area contributed by atoms with Gasteiger partial charge in [0.2, 0.25) is 11.6 Å². The molecule has 2 rings (SSSR count). The number of carbonyl (C=O) groups is 2. The van der Waals surface area contributed by atoms with Crippen molar-refractivity contribution in [3.63, 3.8) is 0 Å². The van der Waals surface area contributed by atoms with Crippen LogP contribution in [0.4, 0.5) is 0 Å². The Hall–Kier alpha value is -2.16. The molecule has 0 fully saturated rings. The number of hydrogen-bond donors (Lipinski definition) is 4. The molecule has 25 heavy (non-hydrogen) atoms. The van der Waals surface area contributed by atoms with Crippen molar-refractivity contribution in [1.29, 1.82) is 0 Å². The fourth-order valence-corrected chi connectivity index (χ4v) is 1.58. The molecule has 128 valence electrons. The van der Waals surface area contributed by atoms with Crippen LogP contribution in [0.2, 0.25) is 0 Å². The molecule has 0 unspecified atom stereocenters. The van der Waals surface area contributed by atoms with Crippen molar-refractivity contribution < 1.29 is 59.7 Å². The maximum Gasteiger partial charge on any atom is 2.00 e. The number of carboxylic acid groups (broad SMARTS) is 2. The van der Waals surface area contributed by atoms with Gasteiger partial charge >= 0.3 is 19.5 Å². The predicted molar refractivity (Wildman–Crippen MR) is 75.1 cm³/mol. The SMILES string of the molecule is O=C([O-])C(O)(O)c1ccccc1.O=C([O-])C(O)(O)c1ccccc1.[Zn+2]. The van der Waals surface area contributed by atoms with E-state index in [1.54, 1.807) is 12.1 Å². The van der Waals surface area contributed by atoms with Crippen LogP contribution in [-0.2, 0) is 40.6 Å². The molecule has 0 heterocycles. The van der Waals surface area contributed by atoms with E-state index in [1.165, 1.54) is 48.5 Å². The molecule has 2 aromatic carbocycles. The standard InChI is InChI=1S/2C8H8O4.Zn/c2*9-7(10)8(11,12)6-4-2-1-3-5-6;/h2*1-5,11-12H,(H,9,10);/q;;+2/p-2.